The first-order valence-corrected chi connectivity index (χ1v) is 5.79. The Labute approximate surface area is 101 Å². The molecule has 0 atom stereocenters. The molecular formula is C8H9ClN4O2S. The molecule has 1 fully saturated rings. The van der Waals surface area contributed by atoms with Crippen molar-refractivity contribution in [2.24, 2.45) is 0 Å². The summed E-state index contributed by atoms with van der Waals surface area (Å²) in [5.74, 6) is 0.537. The summed E-state index contributed by atoms with van der Waals surface area (Å²) in [5.41, 5.74) is 0. The van der Waals surface area contributed by atoms with Crippen LogP contribution in [0.15, 0.2) is 18.2 Å². The molecule has 1 saturated heterocycles. The second-order valence-corrected chi connectivity index (χ2v) is 4.92. The number of nitro groups is 1. The number of aromatic nitrogens is 1. The molecule has 0 aromatic carbocycles. The van der Waals surface area contributed by atoms with Crippen LogP contribution in [0.1, 0.15) is 4.88 Å². The van der Waals surface area contributed by atoms with E-state index in [-0.39, 0.29) is 0 Å². The van der Waals surface area contributed by atoms with Crippen molar-refractivity contribution in [3.63, 3.8) is 0 Å². The number of halogens is 1. The Hall–Kier alpha value is -1.34. The third-order valence-corrected chi connectivity index (χ3v) is 3.23. The normalized spacial score (nSPS) is 17.8. The minimum Gasteiger partial charge on any atom is -0.365 e. The van der Waals surface area contributed by atoms with E-state index >= 15 is 0 Å². The van der Waals surface area contributed by atoms with Gasteiger partial charge in [0.25, 0.3) is 6.20 Å². The molecule has 1 N–H and O–H groups in total. The maximum absolute atomic E-state index is 10.4. The lowest BCUT2D eigenvalue weighted by Gasteiger charge is -2.15. The average molecular weight is 261 g/mol. The minimum absolute atomic E-state index is 0.458. The molecule has 0 radical (unpaired) electrons. The topological polar surface area (TPSA) is 71.3 Å². The van der Waals surface area contributed by atoms with E-state index in [9.17, 15) is 10.1 Å². The number of nitrogens with zero attached hydrogens (tertiary/aromatic N) is 3. The molecule has 1 aliphatic heterocycles. The Balaban J connectivity index is 2.06. The number of hydrogen-bond acceptors (Lipinski definition) is 6. The summed E-state index contributed by atoms with van der Waals surface area (Å²) in [6.45, 7) is 2.05. The van der Waals surface area contributed by atoms with Gasteiger partial charge in [-0.3, -0.25) is 10.1 Å². The fourth-order valence-electron chi connectivity index (χ4n) is 1.49. The predicted octanol–water partition coefficient (Wildman–Crippen LogP) is 1.28. The van der Waals surface area contributed by atoms with Gasteiger partial charge in [-0.15, -0.1) is 11.3 Å². The van der Waals surface area contributed by atoms with Crippen LogP contribution in [-0.4, -0.2) is 27.9 Å². The average Bonchev–Trinajstić information content (AvgIpc) is 2.77. The Kier molecular flexibility index (Phi) is 3.25. The highest BCUT2D eigenvalue weighted by Gasteiger charge is 2.20. The van der Waals surface area contributed by atoms with Crippen LogP contribution in [0, 0.1) is 10.1 Å². The highest BCUT2D eigenvalue weighted by atomic mass is 35.5. The zero-order valence-electron chi connectivity index (χ0n) is 8.22. The maximum Gasteiger partial charge on any atom is 0.274 e. The molecule has 2 rings (SSSR count). The molecule has 86 valence electrons. The van der Waals surface area contributed by atoms with Crippen LogP contribution in [0.25, 0.3) is 0 Å². The van der Waals surface area contributed by atoms with Gasteiger partial charge < -0.3 is 10.2 Å². The first kappa shape index (κ1) is 11.2. The van der Waals surface area contributed by atoms with Gasteiger partial charge >= 0.3 is 0 Å². The van der Waals surface area contributed by atoms with E-state index in [0.29, 0.717) is 23.4 Å². The molecule has 1 aliphatic rings. The summed E-state index contributed by atoms with van der Waals surface area (Å²) in [4.78, 5) is 16.7. The van der Waals surface area contributed by atoms with Crippen LogP contribution >= 0.6 is 22.9 Å². The van der Waals surface area contributed by atoms with Crippen molar-refractivity contribution in [3.05, 3.63) is 37.7 Å². The summed E-state index contributed by atoms with van der Waals surface area (Å²) in [6, 6.07) is 0. The van der Waals surface area contributed by atoms with Gasteiger partial charge in [0.1, 0.15) is 0 Å². The molecule has 0 saturated carbocycles. The van der Waals surface area contributed by atoms with Crippen molar-refractivity contribution in [1.29, 1.82) is 0 Å². The largest absolute Gasteiger partial charge is 0.365 e. The van der Waals surface area contributed by atoms with E-state index in [1.807, 2.05) is 4.90 Å². The van der Waals surface area contributed by atoms with Crippen molar-refractivity contribution in [1.82, 2.24) is 15.2 Å². The standard InChI is InChI=1S/C8H9ClN4O2S/c9-8-11-3-6(16-8)4-12-2-1-10-7(12)5-13(14)15/h3,5,10H,1-2,4H2. The molecule has 0 bridgehead atoms. The third-order valence-electron chi connectivity index (χ3n) is 2.13. The second-order valence-electron chi connectivity index (χ2n) is 3.23. The molecule has 0 unspecified atom stereocenters. The molecule has 16 heavy (non-hydrogen) atoms. The highest BCUT2D eigenvalue weighted by molar-refractivity contribution is 7.15. The van der Waals surface area contributed by atoms with Gasteiger partial charge in [0.05, 0.1) is 11.5 Å². The van der Waals surface area contributed by atoms with E-state index < -0.39 is 4.92 Å². The Morgan fingerprint density at radius 1 is 1.81 bits per heavy atom. The number of rotatable bonds is 3. The Morgan fingerprint density at radius 3 is 3.25 bits per heavy atom. The van der Waals surface area contributed by atoms with Gasteiger partial charge in [0, 0.05) is 24.2 Å². The smallest absolute Gasteiger partial charge is 0.274 e. The third kappa shape index (κ3) is 2.61. The van der Waals surface area contributed by atoms with Crippen LogP contribution in [0.5, 0.6) is 0 Å². The van der Waals surface area contributed by atoms with Crippen molar-refractivity contribution < 1.29 is 4.92 Å². The SMILES string of the molecule is O=[N+]([O-])C=C1NCCN1Cc1cnc(Cl)s1. The van der Waals surface area contributed by atoms with E-state index in [4.69, 9.17) is 11.6 Å². The lowest BCUT2D eigenvalue weighted by molar-refractivity contribution is -0.404. The lowest BCUT2D eigenvalue weighted by atomic mass is 10.4. The summed E-state index contributed by atoms with van der Waals surface area (Å²) in [5, 5.41) is 13.4. The van der Waals surface area contributed by atoms with Gasteiger partial charge in [-0.1, -0.05) is 11.6 Å². The summed E-state index contributed by atoms with van der Waals surface area (Å²) < 4.78 is 0.488. The molecule has 0 spiro atoms. The highest BCUT2D eigenvalue weighted by Crippen LogP contribution is 2.21. The van der Waals surface area contributed by atoms with Gasteiger partial charge in [0.2, 0.25) is 0 Å². The van der Waals surface area contributed by atoms with Crippen molar-refractivity contribution in [2.75, 3.05) is 13.1 Å². The van der Waals surface area contributed by atoms with Crippen LogP contribution in [-0.2, 0) is 6.54 Å². The fraction of sp³-hybridized carbons (Fsp3) is 0.375. The predicted molar refractivity (Wildman–Crippen MR) is 60.6 cm³/mol. The van der Waals surface area contributed by atoms with Crippen LogP contribution in [0.3, 0.4) is 0 Å². The molecule has 8 heteroatoms. The van der Waals surface area contributed by atoms with Crippen molar-refractivity contribution in [3.8, 4) is 0 Å². The summed E-state index contributed by atoms with van der Waals surface area (Å²) in [7, 11) is 0. The number of nitrogens with one attached hydrogen (secondary N) is 1. The molecule has 0 aliphatic carbocycles. The monoisotopic (exact) mass is 260 g/mol. The Morgan fingerprint density at radius 2 is 2.62 bits per heavy atom. The first-order chi connectivity index (χ1) is 7.65. The van der Waals surface area contributed by atoms with Gasteiger partial charge in [-0.05, 0) is 0 Å². The van der Waals surface area contributed by atoms with E-state index in [1.165, 1.54) is 11.3 Å². The summed E-state index contributed by atoms with van der Waals surface area (Å²) >= 11 is 7.10. The van der Waals surface area contributed by atoms with Gasteiger partial charge in [-0.2, -0.15) is 0 Å². The van der Waals surface area contributed by atoms with Crippen LogP contribution < -0.4 is 5.32 Å². The van der Waals surface area contributed by atoms with E-state index in [2.05, 4.69) is 10.3 Å². The first-order valence-electron chi connectivity index (χ1n) is 4.59. The van der Waals surface area contributed by atoms with Crippen molar-refractivity contribution >= 4 is 22.9 Å². The summed E-state index contributed by atoms with van der Waals surface area (Å²) in [6.07, 6.45) is 2.67. The fourth-order valence-corrected chi connectivity index (χ4v) is 2.48. The van der Waals surface area contributed by atoms with Gasteiger partial charge in [0.15, 0.2) is 10.3 Å². The number of thiazole rings is 1. The second kappa shape index (κ2) is 4.67. The van der Waals surface area contributed by atoms with Crippen LogP contribution in [0.2, 0.25) is 4.47 Å². The molecule has 1 aromatic heterocycles. The van der Waals surface area contributed by atoms with E-state index in [1.54, 1.807) is 6.20 Å². The zero-order chi connectivity index (χ0) is 11.5. The molecule has 1 aromatic rings. The lowest BCUT2D eigenvalue weighted by Crippen LogP contribution is -2.20. The van der Waals surface area contributed by atoms with Crippen LogP contribution in [0.4, 0.5) is 0 Å². The van der Waals surface area contributed by atoms with E-state index in [0.717, 1.165) is 17.6 Å². The quantitative estimate of drug-likeness (QED) is 0.655. The maximum atomic E-state index is 10.4. The molecular weight excluding hydrogens is 252 g/mol. The molecule has 2 heterocycles. The zero-order valence-corrected chi connectivity index (χ0v) is 9.79. The Bertz CT molecular complexity index is 433. The van der Waals surface area contributed by atoms with Crippen molar-refractivity contribution in [2.45, 2.75) is 6.54 Å². The number of hydrogen-bond donors (Lipinski definition) is 1. The molecule has 0 amide bonds. The van der Waals surface area contributed by atoms with Gasteiger partial charge in [-0.25, -0.2) is 4.98 Å². The minimum atomic E-state index is -0.458. The molecule has 6 nitrogen and oxygen atoms in total.